The Bertz CT molecular complexity index is 341. The lowest BCUT2D eigenvalue weighted by atomic mass is 10.2. The Balaban J connectivity index is 2.30. The fourth-order valence-corrected chi connectivity index (χ4v) is 1.32. The van der Waals surface area contributed by atoms with E-state index >= 15 is 0 Å². The van der Waals surface area contributed by atoms with Gasteiger partial charge in [0.2, 0.25) is 0 Å². The first-order chi connectivity index (χ1) is 6.74. The van der Waals surface area contributed by atoms with Crippen LogP contribution in [0.3, 0.4) is 0 Å². The van der Waals surface area contributed by atoms with E-state index in [1.54, 1.807) is 0 Å². The summed E-state index contributed by atoms with van der Waals surface area (Å²) in [5, 5.41) is 7.61. The molecule has 0 aliphatic heterocycles. The van der Waals surface area contributed by atoms with Crippen LogP contribution in [0.15, 0.2) is 6.20 Å². The molecule has 0 bridgehead atoms. The molecule has 0 unspecified atom stereocenters. The normalized spacial score (nSPS) is 9.64. The molecule has 1 rings (SSSR count). The molecule has 1 aromatic rings. The second-order valence-electron chi connectivity index (χ2n) is 3.27. The second kappa shape index (κ2) is 5.46. The summed E-state index contributed by atoms with van der Waals surface area (Å²) in [6.07, 6.45) is 2.96. The predicted molar refractivity (Wildman–Crippen MR) is 57.7 cm³/mol. The lowest BCUT2D eigenvalue weighted by molar-refractivity contribution is 0.698. The van der Waals surface area contributed by atoms with Crippen molar-refractivity contribution in [3.8, 4) is 11.8 Å². The molecular weight excluding hydrogens is 174 g/mol. The fraction of sp³-hybridized carbons (Fsp3) is 0.545. The molecule has 3 nitrogen and oxygen atoms in total. The molecule has 1 aromatic heterocycles. The van der Waals surface area contributed by atoms with Crippen molar-refractivity contribution in [3.05, 3.63) is 17.5 Å². The van der Waals surface area contributed by atoms with Gasteiger partial charge in [0.25, 0.3) is 0 Å². The van der Waals surface area contributed by atoms with Crippen LogP contribution < -0.4 is 5.32 Å². The van der Waals surface area contributed by atoms with Crippen LogP contribution in [0.25, 0.3) is 0 Å². The van der Waals surface area contributed by atoms with Crippen molar-refractivity contribution in [2.24, 2.45) is 7.05 Å². The summed E-state index contributed by atoms with van der Waals surface area (Å²) in [5.41, 5.74) is 2.36. The number of nitrogens with one attached hydrogen (secondary N) is 1. The van der Waals surface area contributed by atoms with Crippen LogP contribution in [-0.2, 0) is 13.6 Å². The lowest BCUT2D eigenvalue weighted by Crippen LogP contribution is -2.14. The third-order valence-corrected chi connectivity index (χ3v) is 2.03. The van der Waals surface area contributed by atoms with Crippen LogP contribution in [-0.4, -0.2) is 16.3 Å². The highest BCUT2D eigenvalue weighted by Crippen LogP contribution is 2.03. The molecule has 1 heterocycles. The van der Waals surface area contributed by atoms with E-state index in [0.717, 1.165) is 25.2 Å². The quantitative estimate of drug-likeness (QED) is 0.573. The summed E-state index contributed by atoms with van der Waals surface area (Å²) in [6, 6.07) is 0. The van der Waals surface area contributed by atoms with Crippen molar-refractivity contribution in [1.29, 1.82) is 0 Å². The summed E-state index contributed by atoms with van der Waals surface area (Å²) in [5.74, 6) is 5.90. The zero-order valence-corrected chi connectivity index (χ0v) is 9.09. The van der Waals surface area contributed by atoms with Crippen LogP contribution >= 0.6 is 0 Å². The van der Waals surface area contributed by atoms with Crippen molar-refractivity contribution >= 4 is 0 Å². The number of hydrogen-bond acceptors (Lipinski definition) is 2. The molecule has 0 saturated heterocycles. The van der Waals surface area contributed by atoms with Gasteiger partial charge in [-0.3, -0.25) is 4.68 Å². The Labute approximate surface area is 85.5 Å². The highest BCUT2D eigenvalue weighted by atomic mass is 15.2. The zero-order valence-electron chi connectivity index (χ0n) is 9.09. The van der Waals surface area contributed by atoms with E-state index in [2.05, 4.69) is 22.3 Å². The predicted octanol–water partition coefficient (Wildman–Crippen LogP) is 1.23. The van der Waals surface area contributed by atoms with E-state index in [9.17, 15) is 0 Å². The third kappa shape index (κ3) is 3.23. The summed E-state index contributed by atoms with van der Waals surface area (Å²) >= 11 is 0. The van der Waals surface area contributed by atoms with Crippen LogP contribution in [0.4, 0.5) is 0 Å². The second-order valence-corrected chi connectivity index (χ2v) is 3.27. The van der Waals surface area contributed by atoms with Crippen molar-refractivity contribution in [1.82, 2.24) is 15.1 Å². The van der Waals surface area contributed by atoms with E-state index in [-0.39, 0.29) is 0 Å². The van der Waals surface area contributed by atoms with Gasteiger partial charge in [-0.05, 0) is 13.8 Å². The smallest absolute Gasteiger partial charge is 0.0638 e. The highest BCUT2D eigenvalue weighted by Gasteiger charge is 2.00. The molecule has 0 fully saturated rings. The van der Waals surface area contributed by atoms with Crippen LogP contribution in [0, 0.1) is 18.8 Å². The maximum Gasteiger partial charge on any atom is 0.0638 e. The van der Waals surface area contributed by atoms with E-state index < -0.39 is 0 Å². The third-order valence-electron chi connectivity index (χ3n) is 2.03. The SMILES string of the molecule is CC#CCCNCc1cn(C)nc1C. The molecular formula is C11H17N3. The topological polar surface area (TPSA) is 29.9 Å². The van der Waals surface area contributed by atoms with E-state index in [0.29, 0.717) is 0 Å². The van der Waals surface area contributed by atoms with Gasteiger partial charge in [0.05, 0.1) is 5.69 Å². The van der Waals surface area contributed by atoms with Gasteiger partial charge in [-0.1, -0.05) is 0 Å². The molecule has 0 amide bonds. The zero-order chi connectivity index (χ0) is 10.4. The first-order valence-corrected chi connectivity index (χ1v) is 4.83. The first-order valence-electron chi connectivity index (χ1n) is 4.83. The van der Waals surface area contributed by atoms with Gasteiger partial charge >= 0.3 is 0 Å². The largest absolute Gasteiger partial charge is 0.312 e. The molecule has 0 atom stereocenters. The fourth-order valence-electron chi connectivity index (χ4n) is 1.32. The Hall–Kier alpha value is -1.27. The maximum absolute atomic E-state index is 4.27. The van der Waals surface area contributed by atoms with E-state index in [1.165, 1.54) is 5.56 Å². The van der Waals surface area contributed by atoms with Crippen molar-refractivity contribution < 1.29 is 0 Å². The van der Waals surface area contributed by atoms with E-state index in [4.69, 9.17) is 0 Å². The maximum atomic E-state index is 4.27. The molecule has 0 aromatic carbocycles. The van der Waals surface area contributed by atoms with Gasteiger partial charge in [0.1, 0.15) is 0 Å². The Morgan fingerprint density at radius 2 is 2.36 bits per heavy atom. The molecule has 0 aliphatic carbocycles. The number of rotatable bonds is 4. The molecule has 0 aliphatic rings. The van der Waals surface area contributed by atoms with Crippen LogP contribution in [0.2, 0.25) is 0 Å². The first kappa shape index (κ1) is 10.8. The molecule has 1 N–H and O–H groups in total. The van der Waals surface area contributed by atoms with Crippen LogP contribution in [0.5, 0.6) is 0 Å². The van der Waals surface area contributed by atoms with Crippen LogP contribution in [0.1, 0.15) is 24.6 Å². The molecule has 3 heteroatoms. The molecule has 14 heavy (non-hydrogen) atoms. The van der Waals surface area contributed by atoms with Gasteiger partial charge in [0, 0.05) is 38.3 Å². The highest BCUT2D eigenvalue weighted by molar-refractivity contribution is 5.14. The lowest BCUT2D eigenvalue weighted by Gasteiger charge is -1.99. The Morgan fingerprint density at radius 3 is 2.93 bits per heavy atom. The Kier molecular flexibility index (Phi) is 4.21. The standard InChI is InChI=1S/C11H17N3/c1-4-5-6-7-12-8-11-9-14(3)13-10(11)2/h9,12H,6-8H2,1-3H3. The number of aromatic nitrogens is 2. The van der Waals surface area contributed by atoms with Crippen molar-refractivity contribution in [2.45, 2.75) is 26.8 Å². The minimum Gasteiger partial charge on any atom is -0.312 e. The summed E-state index contributed by atoms with van der Waals surface area (Å²) in [7, 11) is 1.94. The average molecular weight is 191 g/mol. The summed E-state index contributed by atoms with van der Waals surface area (Å²) in [4.78, 5) is 0. The number of aryl methyl sites for hydroxylation is 2. The average Bonchev–Trinajstić information content (AvgIpc) is 2.45. The summed E-state index contributed by atoms with van der Waals surface area (Å²) < 4.78 is 1.85. The minimum absolute atomic E-state index is 0.880. The van der Waals surface area contributed by atoms with Gasteiger partial charge in [-0.25, -0.2) is 0 Å². The Morgan fingerprint density at radius 1 is 1.57 bits per heavy atom. The van der Waals surface area contributed by atoms with Gasteiger partial charge < -0.3 is 5.32 Å². The number of hydrogen-bond donors (Lipinski definition) is 1. The number of nitrogens with zero attached hydrogens (tertiary/aromatic N) is 2. The van der Waals surface area contributed by atoms with E-state index in [1.807, 2.05) is 31.8 Å². The molecule has 0 saturated carbocycles. The van der Waals surface area contributed by atoms with Crippen molar-refractivity contribution in [2.75, 3.05) is 6.54 Å². The van der Waals surface area contributed by atoms with Gasteiger partial charge in [-0.15, -0.1) is 11.8 Å². The monoisotopic (exact) mass is 191 g/mol. The molecule has 0 spiro atoms. The molecule has 76 valence electrons. The van der Waals surface area contributed by atoms with Gasteiger partial charge in [0.15, 0.2) is 0 Å². The van der Waals surface area contributed by atoms with Gasteiger partial charge in [-0.2, -0.15) is 5.10 Å². The molecule has 0 radical (unpaired) electrons. The summed E-state index contributed by atoms with van der Waals surface area (Å²) in [6.45, 7) is 5.72. The minimum atomic E-state index is 0.880. The van der Waals surface area contributed by atoms with Crippen molar-refractivity contribution in [3.63, 3.8) is 0 Å².